The third-order valence-electron chi connectivity index (χ3n) is 8.08. The first-order valence-electron chi connectivity index (χ1n) is 14.4. The van der Waals surface area contributed by atoms with Gasteiger partial charge in [0.25, 0.3) is 5.91 Å². The summed E-state index contributed by atoms with van der Waals surface area (Å²) in [4.78, 5) is 65.9. The van der Waals surface area contributed by atoms with Gasteiger partial charge in [-0.15, -0.1) is 0 Å². The summed E-state index contributed by atoms with van der Waals surface area (Å²) in [6.07, 6.45) is -5.00. The molecule has 14 heteroatoms. The molecule has 1 aliphatic carbocycles. The summed E-state index contributed by atoms with van der Waals surface area (Å²) in [5.41, 5.74) is 0.251. The van der Waals surface area contributed by atoms with Crippen molar-refractivity contribution in [3.05, 3.63) is 35.4 Å². The number of benzene rings is 1. The van der Waals surface area contributed by atoms with Crippen LogP contribution in [0.15, 0.2) is 24.3 Å². The van der Waals surface area contributed by atoms with Crippen molar-refractivity contribution in [3.63, 3.8) is 0 Å². The summed E-state index contributed by atoms with van der Waals surface area (Å²) in [6, 6.07) is 2.85. The van der Waals surface area contributed by atoms with Crippen LogP contribution in [0.5, 0.6) is 0 Å². The van der Waals surface area contributed by atoms with Crippen LogP contribution in [0.3, 0.4) is 0 Å². The summed E-state index contributed by atoms with van der Waals surface area (Å²) in [5.74, 6) is -5.46. The molecule has 0 radical (unpaired) electrons. The molecule has 2 fully saturated rings. The Kier molecular flexibility index (Phi) is 9.38. The Balaban J connectivity index is 1.62. The Hall–Kier alpha value is -3.68. The van der Waals surface area contributed by atoms with Gasteiger partial charge >= 0.3 is 12.1 Å². The number of alkyl halides is 3. The van der Waals surface area contributed by atoms with Crippen molar-refractivity contribution in [2.24, 2.45) is 11.3 Å². The van der Waals surface area contributed by atoms with Crippen LogP contribution < -0.4 is 21.3 Å². The number of fused-ring (bicyclic) bond motifs is 1. The van der Waals surface area contributed by atoms with Crippen LogP contribution in [0, 0.1) is 11.3 Å². The molecule has 5 atom stereocenters. The molecule has 3 aliphatic rings. The smallest absolute Gasteiger partial charge is 0.381 e. The molecule has 1 saturated carbocycles. The predicted octanol–water partition coefficient (Wildman–Crippen LogP) is 0.684. The van der Waals surface area contributed by atoms with Crippen molar-refractivity contribution >= 4 is 29.5 Å². The third kappa shape index (κ3) is 7.84. The summed E-state index contributed by atoms with van der Waals surface area (Å²) >= 11 is 0. The number of carbonyl (C=O) groups is 5. The van der Waals surface area contributed by atoms with Gasteiger partial charge < -0.3 is 31.3 Å². The van der Waals surface area contributed by atoms with E-state index in [4.69, 9.17) is 0 Å². The van der Waals surface area contributed by atoms with Crippen LogP contribution in [0.4, 0.5) is 13.2 Å². The lowest BCUT2D eigenvalue weighted by molar-refractivity contribution is -0.176. The zero-order chi connectivity index (χ0) is 31.7. The Bertz CT molecular complexity index is 1260. The van der Waals surface area contributed by atoms with E-state index in [2.05, 4.69) is 16.0 Å². The predicted molar refractivity (Wildman–Crippen MR) is 147 cm³/mol. The summed E-state index contributed by atoms with van der Waals surface area (Å²) < 4.78 is 39.5. The van der Waals surface area contributed by atoms with Crippen molar-refractivity contribution in [2.45, 2.75) is 95.9 Å². The minimum Gasteiger partial charge on any atom is -0.381 e. The average molecular weight is 610 g/mol. The Labute approximate surface area is 247 Å². The minimum atomic E-state index is -5.23. The van der Waals surface area contributed by atoms with E-state index < -0.39 is 65.4 Å². The van der Waals surface area contributed by atoms with Gasteiger partial charge in [-0.1, -0.05) is 45.0 Å². The van der Waals surface area contributed by atoms with Crippen molar-refractivity contribution in [1.82, 2.24) is 26.2 Å². The summed E-state index contributed by atoms with van der Waals surface area (Å²) in [7, 11) is 0. The largest absolute Gasteiger partial charge is 0.471 e. The van der Waals surface area contributed by atoms with Gasteiger partial charge in [0.15, 0.2) is 6.10 Å². The highest BCUT2D eigenvalue weighted by Gasteiger charge is 2.47. The quantitative estimate of drug-likeness (QED) is 0.277. The maximum absolute atomic E-state index is 13.9. The lowest BCUT2D eigenvalue weighted by Crippen LogP contribution is -2.63. The van der Waals surface area contributed by atoms with E-state index in [1.54, 1.807) is 29.6 Å². The maximum atomic E-state index is 13.9. The van der Waals surface area contributed by atoms with Crippen LogP contribution in [0.1, 0.15) is 57.6 Å². The van der Waals surface area contributed by atoms with Crippen molar-refractivity contribution in [2.75, 3.05) is 6.54 Å². The molecule has 1 aromatic carbocycles. The number of halogens is 3. The molecular formula is C29H38F3N5O6. The second kappa shape index (κ2) is 12.5. The van der Waals surface area contributed by atoms with Crippen LogP contribution in [0.2, 0.25) is 0 Å². The normalized spacial score (nSPS) is 22.5. The molecule has 11 nitrogen and oxygen atoms in total. The van der Waals surface area contributed by atoms with E-state index >= 15 is 0 Å². The summed E-state index contributed by atoms with van der Waals surface area (Å²) in [5, 5.41) is 20.8. The molecule has 1 aromatic rings. The fourth-order valence-corrected chi connectivity index (χ4v) is 5.44. The monoisotopic (exact) mass is 609 g/mol. The Morgan fingerprint density at radius 1 is 1.05 bits per heavy atom. The number of nitrogens with zero attached hydrogens (tertiary/aromatic N) is 1. The van der Waals surface area contributed by atoms with E-state index in [0.29, 0.717) is 18.5 Å². The number of carbonyl (C=O) groups excluding carboxylic acids is 5. The average Bonchev–Trinajstić information content (AvgIpc) is 3.66. The van der Waals surface area contributed by atoms with E-state index in [0.717, 1.165) is 23.3 Å². The number of hydrogen-bond donors (Lipinski definition) is 5. The number of rotatable bonds is 9. The van der Waals surface area contributed by atoms with Gasteiger partial charge in [0, 0.05) is 31.5 Å². The highest BCUT2D eigenvalue weighted by atomic mass is 19.4. The standard InChI is InChI=1S/C29H38F3N5O6/c1-28(2,3)22(36-27(43)29(30,31)32)26(42)37-14-17-7-5-4-6-15(17)13-20(37)24(40)35-19(12-16-10-11-33-23(16)39)21(38)25(41)34-18-8-9-18/h4-7,16,18-22,38H,8-14H2,1-3H3,(H,33,39)(H,34,41)(H,35,40)(H,36,43)/t16-,19-,20-,21?,22+/m0/s1. The first-order chi connectivity index (χ1) is 20.1. The first-order valence-corrected chi connectivity index (χ1v) is 14.4. The molecule has 2 aliphatic heterocycles. The molecule has 5 amide bonds. The van der Waals surface area contributed by atoms with Crippen LogP contribution in [-0.2, 0) is 36.9 Å². The van der Waals surface area contributed by atoms with E-state index in [1.165, 1.54) is 20.8 Å². The minimum absolute atomic E-state index is 0.00116. The molecule has 236 valence electrons. The highest BCUT2D eigenvalue weighted by molar-refractivity contribution is 5.94. The second-order valence-corrected chi connectivity index (χ2v) is 12.6. The second-order valence-electron chi connectivity index (χ2n) is 12.6. The lowest BCUT2D eigenvalue weighted by Gasteiger charge is -2.41. The molecule has 1 unspecified atom stereocenters. The topological polar surface area (TPSA) is 157 Å². The SMILES string of the molecule is CC(C)(C)[C@H](NC(=O)C(F)(F)F)C(=O)N1Cc2ccccc2C[C@H]1C(=O)N[C@@H](C[C@@H]1CCNC1=O)C(O)C(=O)NC1CC1. The first kappa shape index (κ1) is 32.2. The van der Waals surface area contributed by atoms with Crippen LogP contribution in [0.25, 0.3) is 0 Å². The number of nitrogens with one attached hydrogen (secondary N) is 4. The van der Waals surface area contributed by atoms with E-state index in [1.807, 2.05) is 0 Å². The number of aliphatic hydroxyl groups excluding tert-OH is 1. The Morgan fingerprint density at radius 3 is 2.26 bits per heavy atom. The fraction of sp³-hybridized carbons (Fsp3) is 0.621. The molecule has 0 spiro atoms. The molecule has 0 bridgehead atoms. The van der Waals surface area contributed by atoms with Gasteiger partial charge in [0.05, 0.1) is 6.04 Å². The fourth-order valence-electron chi connectivity index (χ4n) is 5.44. The third-order valence-corrected chi connectivity index (χ3v) is 8.08. The van der Waals surface area contributed by atoms with Gasteiger partial charge in [0.2, 0.25) is 17.7 Å². The Morgan fingerprint density at radius 2 is 1.70 bits per heavy atom. The van der Waals surface area contributed by atoms with Gasteiger partial charge in [-0.05, 0) is 42.2 Å². The molecule has 5 N–H and O–H groups in total. The molecule has 0 aromatic heterocycles. The van der Waals surface area contributed by atoms with E-state index in [-0.39, 0.29) is 31.3 Å². The lowest BCUT2D eigenvalue weighted by atomic mass is 9.84. The maximum Gasteiger partial charge on any atom is 0.471 e. The van der Waals surface area contributed by atoms with Gasteiger partial charge in [0.1, 0.15) is 12.1 Å². The van der Waals surface area contributed by atoms with Crippen LogP contribution >= 0.6 is 0 Å². The van der Waals surface area contributed by atoms with Crippen molar-refractivity contribution in [3.8, 4) is 0 Å². The molecule has 43 heavy (non-hydrogen) atoms. The van der Waals surface area contributed by atoms with Gasteiger partial charge in [-0.2, -0.15) is 13.2 Å². The number of amides is 5. The van der Waals surface area contributed by atoms with Crippen molar-refractivity contribution < 1.29 is 42.3 Å². The van der Waals surface area contributed by atoms with Gasteiger partial charge in [-0.3, -0.25) is 24.0 Å². The highest BCUT2D eigenvalue weighted by Crippen LogP contribution is 2.30. The van der Waals surface area contributed by atoms with E-state index in [9.17, 15) is 42.3 Å². The molecule has 4 rings (SSSR count). The zero-order valence-corrected chi connectivity index (χ0v) is 24.3. The van der Waals surface area contributed by atoms with Crippen molar-refractivity contribution in [1.29, 1.82) is 0 Å². The molecule has 1 saturated heterocycles. The van der Waals surface area contributed by atoms with Gasteiger partial charge in [-0.25, -0.2) is 0 Å². The van der Waals surface area contributed by atoms with Crippen LogP contribution in [-0.4, -0.2) is 82.5 Å². The molecule has 2 heterocycles. The zero-order valence-electron chi connectivity index (χ0n) is 24.3. The number of hydrogen-bond acceptors (Lipinski definition) is 6. The number of aliphatic hydroxyl groups is 1. The summed E-state index contributed by atoms with van der Waals surface area (Å²) in [6.45, 7) is 4.78. The molecular weight excluding hydrogens is 571 g/mol.